The summed E-state index contributed by atoms with van der Waals surface area (Å²) in [6, 6.07) is 4.37. The summed E-state index contributed by atoms with van der Waals surface area (Å²) in [6.45, 7) is 6.37. The van der Waals surface area contributed by atoms with E-state index in [0.29, 0.717) is 17.9 Å². The molecule has 1 aromatic heterocycles. The molecule has 5 nitrogen and oxygen atoms in total. The molecule has 2 aliphatic heterocycles. The molecule has 0 bridgehead atoms. The van der Waals surface area contributed by atoms with E-state index in [-0.39, 0.29) is 29.0 Å². The van der Waals surface area contributed by atoms with Crippen molar-refractivity contribution >= 4 is 5.97 Å². The van der Waals surface area contributed by atoms with Gasteiger partial charge in [0, 0.05) is 24.9 Å². The standard InChI is InChI=1S/C24H35NO4/c1-16(7-8-17-6-4-11-27-17)25(3)14-19-18-12-21-23(2,13-20(18)29-22(19)26)9-5-10-24(21)15-28-24/h4,6,11,16,18-21H,5,7-10,12-15H2,1-3H3/t16?,18-,19?,20-,21?,23-,24?/m1/s1. The van der Waals surface area contributed by atoms with Gasteiger partial charge in [-0.3, -0.25) is 4.79 Å². The largest absolute Gasteiger partial charge is 0.469 e. The number of aryl methyl sites for hydroxylation is 1. The third-order valence-electron chi connectivity index (χ3n) is 8.71. The van der Waals surface area contributed by atoms with Crippen LogP contribution in [0.3, 0.4) is 0 Å². The number of hydrogen-bond donors (Lipinski definition) is 0. The molecule has 160 valence electrons. The Kier molecular flexibility index (Phi) is 4.82. The van der Waals surface area contributed by atoms with Crippen LogP contribution in [0.25, 0.3) is 0 Å². The number of furan rings is 1. The summed E-state index contributed by atoms with van der Waals surface area (Å²) in [7, 11) is 2.15. The summed E-state index contributed by atoms with van der Waals surface area (Å²) < 4.78 is 17.4. The Hall–Kier alpha value is -1.33. The van der Waals surface area contributed by atoms with Gasteiger partial charge in [-0.25, -0.2) is 0 Å². The van der Waals surface area contributed by atoms with Crippen LogP contribution in [-0.2, 0) is 20.7 Å². The fourth-order valence-electron chi connectivity index (χ4n) is 6.68. The highest BCUT2D eigenvalue weighted by atomic mass is 16.6. The normalized spacial score (nSPS) is 41.9. The Morgan fingerprint density at radius 2 is 2.17 bits per heavy atom. The molecule has 1 aromatic rings. The maximum Gasteiger partial charge on any atom is 0.310 e. The number of carbonyl (C=O) groups excluding carboxylic acids is 1. The van der Waals surface area contributed by atoms with E-state index in [1.165, 1.54) is 19.3 Å². The highest BCUT2D eigenvalue weighted by Crippen LogP contribution is 2.62. The van der Waals surface area contributed by atoms with Crippen molar-refractivity contribution in [2.75, 3.05) is 20.2 Å². The van der Waals surface area contributed by atoms with Gasteiger partial charge in [0.1, 0.15) is 11.9 Å². The van der Waals surface area contributed by atoms with Gasteiger partial charge in [0.15, 0.2) is 0 Å². The van der Waals surface area contributed by atoms with Gasteiger partial charge in [0.2, 0.25) is 0 Å². The quantitative estimate of drug-likeness (QED) is 0.531. The summed E-state index contributed by atoms with van der Waals surface area (Å²) in [5.41, 5.74) is 0.393. The van der Waals surface area contributed by atoms with E-state index in [0.717, 1.165) is 44.6 Å². The van der Waals surface area contributed by atoms with Crippen LogP contribution in [0.1, 0.15) is 58.1 Å². The Morgan fingerprint density at radius 1 is 1.34 bits per heavy atom. The zero-order valence-corrected chi connectivity index (χ0v) is 18.1. The number of fused-ring (bicyclic) bond motifs is 3. The summed E-state index contributed by atoms with van der Waals surface area (Å²) >= 11 is 0. The molecule has 4 fully saturated rings. The number of nitrogens with zero attached hydrogens (tertiary/aromatic N) is 1. The highest BCUT2D eigenvalue weighted by Gasteiger charge is 2.65. The van der Waals surface area contributed by atoms with Crippen molar-refractivity contribution in [3.05, 3.63) is 24.2 Å². The fraction of sp³-hybridized carbons (Fsp3) is 0.792. The second kappa shape index (κ2) is 7.12. The van der Waals surface area contributed by atoms with E-state index in [1.54, 1.807) is 6.26 Å². The van der Waals surface area contributed by atoms with Crippen LogP contribution in [0.4, 0.5) is 0 Å². The summed E-state index contributed by atoms with van der Waals surface area (Å²) in [5, 5.41) is 0. The molecule has 0 aromatic carbocycles. The third-order valence-corrected chi connectivity index (χ3v) is 8.71. The van der Waals surface area contributed by atoms with Crippen molar-refractivity contribution in [2.24, 2.45) is 23.2 Å². The van der Waals surface area contributed by atoms with E-state index in [2.05, 4.69) is 25.8 Å². The van der Waals surface area contributed by atoms with E-state index in [9.17, 15) is 4.79 Å². The van der Waals surface area contributed by atoms with Gasteiger partial charge in [0.25, 0.3) is 0 Å². The molecule has 3 heterocycles. The van der Waals surface area contributed by atoms with E-state index in [4.69, 9.17) is 13.9 Å². The molecule has 0 amide bonds. The molecule has 29 heavy (non-hydrogen) atoms. The third kappa shape index (κ3) is 3.44. The SMILES string of the molecule is CC(CCc1ccco1)N(C)CC1C(=O)O[C@@H]2C[C@@]3(C)CCCC4(CO4)C3C[C@H]12. The lowest BCUT2D eigenvalue weighted by Gasteiger charge is -2.51. The minimum Gasteiger partial charge on any atom is -0.469 e. The fourth-order valence-corrected chi connectivity index (χ4v) is 6.68. The average Bonchev–Trinajstić information content (AvgIpc) is 3.13. The van der Waals surface area contributed by atoms with Gasteiger partial charge in [-0.2, -0.15) is 0 Å². The molecular weight excluding hydrogens is 366 g/mol. The van der Waals surface area contributed by atoms with Gasteiger partial charge < -0.3 is 18.8 Å². The molecule has 0 N–H and O–H groups in total. The van der Waals surface area contributed by atoms with Crippen LogP contribution in [0.5, 0.6) is 0 Å². The van der Waals surface area contributed by atoms with Crippen molar-refractivity contribution in [3.8, 4) is 0 Å². The van der Waals surface area contributed by atoms with Gasteiger partial charge in [0.05, 0.1) is 24.4 Å². The Balaban J connectivity index is 1.24. The van der Waals surface area contributed by atoms with Crippen LogP contribution in [0.15, 0.2) is 22.8 Å². The topological polar surface area (TPSA) is 55.2 Å². The van der Waals surface area contributed by atoms with Gasteiger partial charge >= 0.3 is 5.97 Å². The molecule has 7 atom stereocenters. The maximum absolute atomic E-state index is 12.8. The highest BCUT2D eigenvalue weighted by molar-refractivity contribution is 5.75. The number of carbonyl (C=O) groups is 1. The molecular formula is C24H35NO4. The first-order chi connectivity index (χ1) is 13.9. The molecule has 4 unspecified atom stereocenters. The van der Waals surface area contributed by atoms with Crippen molar-refractivity contribution < 1.29 is 18.7 Å². The lowest BCUT2D eigenvalue weighted by molar-refractivity contribution is -0.147. The first-order valence-electron chi connectivity index (χ1n) is 11.5. The molecule has 5 rings (SSSR count). The molecule has 0 radical (unpaired) electrons. The molecule has 2 saturated heterocycles. The van der Waals surface area contributed by atoms with Crippen molar-refractivity contribution in [1.29, 1.82) is 0 Å². The van der Waals surface area contributed by atoms with Crippen molar-refractivity contribution in [2.45, 2.75) is 76.5 Å². The first-order valence-corrected chi connectivity index (χ1v) is 11.5. The summed E-state index contributed by atoms with van der Waals surface area (Å²) in [4.78, 5) is 15.2. The first kappa shape index (κ1) is 19.6. The van der Waals surface area contributed by atoms with Crippen LogP contribution in [-0.4, -0.2) is 48.8 Å². The number of rotatable bonds is 6. The van der Waals surface area contributed by atoms with Crippen LogP contribution < -0.4 is 0 Å². The maximum atomic E-state index is 12.8. The smallest absolute Gasteiger partial charge is 0.310 e. The molecule has 2 aliphatic carbocycles. The molecule has 1 spiro atoms. The lowest BCUT2D eigenvalue weighted by atomic mass is 9.53. The average molecular weight is 402 g/mol. The molecule has 2 saturated carbocycles. The van der Waals surface area contributed by atoms with Crippen LogP contribution in [0.2, 0.25) is 0 Å². The predicted molar refractivity (Wildman–Crippen MR) is 109 cm³/mol. The van der Waals surface area contributed by atoms with Gasteiger partial charge in [-0.05, 0) is 76.0 Å². The second-order valence-corrected chi connectivity index (χ2v) is 10.5. The second-order valence-electron chi connectivity index (χ2n) is 10.5. The zero-order chi connectivity index (χ0) is 20.2. The molecule has 5 heteroatoms. The zero-order valence-electron chi connectivity index (χ0n) is 18.1. The minimum atomic E-state index is -0.00154. The Morgan fingerprint density at radius 3 is 2.90 bits per heavy atom. The van der Waals surface area contributed by atoms with E-state index >= 15 is 0 Å². The number of hydrogen-bond acceptors (Lipinski definition) is 5. The van der Waals surface area contributed by atoms with Crippen molar-refractivity contribution in [1.82, 2.24) is 4.90 Å². The number of esters is 1. The number of ether oxygens (including phenoxy) is 2. The number of epoxide rings is 1. The Bertz CT molecular complexity index is 742. The summed E-state index contributed by atoms with van der Waals surface area (Å²) in [6.07, 6.45) is 9.60. The van der Waals surface area contributed by atoms with Crippen LogP contribution in [0, 0.1) is 23.2 Å². The minimum absolute atomic E-state index is 0.00154. The van der Waals surface area contributed by atoms with E-state index in [1.807, 2.05) is 12.1 Å². The van der Waals surface area contributed by atoms with Gasteiger partial charge in [-0.1, -0.05) is 6.92 Å². The predicted octanol–water partition coefficient (Wildman–Crippen LogP) is 4.06. The molecule has 4 aliphatic rings. The van der Waals surface area contributed by atoms with Gasteiger partial charge in [-0.15, -0.1) is 0 Å². The van der Waals surface area contributed by atoms with Crippen molar-refractivity contribution in [3.63, 3.8) is 0 Å². The summed E-state index contributed by atoms with van der Waals surface area (Å²) in [5.74, 6) is 1.99. The lowest BCUT2D eigenvalue weighted by Crippen LogP contribution is -2.51. The van der Waals surface area contributed by atoms with Crippen LogP contribution >= 0.6 is 0 Å². The Labute approximate surface area is 174 Å². The monoisotopic (exact) mass is 401 g/mol. The van der Waals surface area contributed by atoms with E-state index < -0.39 is 0 Å².